The molecule has 0 atom stereocenters. The molecule has 2 aromatic carbocycles. The first-order valence-electron chi connectivity index (χ1n) is 7.73. The van der Waals surface area contributed by atoms with Crippen LogP contribution in [0, 0.1) is 6.92 Å². The number of nitrogens with zero attached hydrogens (tertiary/aromatic N) is 1. The van der Waals surface area contributed by atoms with Gasteiger partial charge in [0, 0.05) is 19.2 Å². The van der Waals surface area contributed by atoms with Crippen LogP contribution in [-0.2, 0) is 16.1 Å². The number of hydrogen-bond acceptors (Lipinski definition) is 3. The number of rotatable bonds is 6. The molecule has 2 amide bonds. The molecule has 2 rings (SSSR count). The van der Waals surface area contributed by atoms with Crippen LogP contribution in [0.2, 0.25) is 0 Å². The van der Waals surface area contributed by atoms with Crippen molar-refractivity contribution in [3.8, 4) is 5.75 Å². The second-order valence-corrected chi connectivity index (χ2v) is 5.64. The molecule has 0 fully saturated rings. The van der Waals surface area contributed by atoms with Gasteiger partial charge in [-0.3, -0.25) is 9.59 Å². The van der Waals surface area contributed by atoms with Crippen LogP contribution in [0.5, 0.6) is 5.75 Å². The second kappa shape index (κ2) is 8.15. The summed E-state index contributed by atoms with van der Waals surface area (Å²) in [6.45, 7) is 3.89. The van der Waals surface area contributed by atoms with Crippen molar-refractivity contribution in [2.45, 2.75) is 20.4 Å². The van der Waals surface area contributed by atoms with E-state index in [0.29, 0.717) is 12.2 Å². The summed E-state index contributed by atoms with van der Waals surface area (Å²) >= 11 is 0. The summed E-state index contributed by atoms with van der Waals surface area (Å²) in [5, 5.41) is 2.79. The third-order valence-corrected chi connectivity index (χ3v) is 3.65. The molecule has 0 spiro atoms. The summed E-state index contributed by atoms with van der Waals surface area (Å²) in [6, 6.07) is 15.0. The lowest BCUT2D eigenvalue weighted by atomic mass is 10.1. The first kappa shape index (κ1) is 17.5. The van der Waals surface area contributed by atoms with E-state index in [-0.39, 0.29) is 18.4 Å². The van der Waals surface area contributed by atoms with Crippen LogP contribution >= 0.6 is 0 Å². The third-order valence-electron chi connectivity index (χ3n) is 3.65. The van der Waals surface area contributed by atoms with Crippen molar-refractivity contribution in [2.24, 2.45) is 0 Å². The first-order chi connectivity index (χ1) is 11.5. The molecule has 0 unspecified atom stereocenters. The van der Waals surface area contributed by atoms with E-state index in [1.165, 1.54) is 11.8 Å². The minimum atomic E-state index is -0.234. The normalized spacial score (nSPS) is 10.1. The van der Waals surface area contributed by atoms with E-state index in [1.54, 1.807) is 31.4 Å². The number of hydrogen-bond donors (Lipinski definition) is 1. The number of anilines is 1. The zero-order chi connectivity index (χ0) is 17.5. The molecular formula is C19H22N2O3. The fourth-order valence-electron chi connectivity index (χ4n) is 2.24. The fraction of sp³-hybridized carbons (Fsp3) is 0.263. The zero-order valence-electron chi connectivity index (χ0n) is 14.2. The molecule has 0 radical (unpaired) electrons. The number of nitrogens with one attached hydrogen (secondary N) is 1. The topological polar surface area (TPSA) is 58.6 Å². The van der Waals surface area contributed by atoms with Crippen molar-refractivity contribution >= 4 is 17.5 Å². The zero-order valence-corrected chi connectivity index (χ0v) is 14.2. The summed E-state index contributed by atoms with van der Waals surface area (Å²) in [5.41, 5.74) is 2.82. The van der Waals surface area contributed by atoms with Crippen LogP contribution in [-0.4, -0.2) is 30.4 Å². The maximum absolute atomic E-state index is 12.2. The molecule has 0 saturated carbocycles. The van der Waals surface area contributed by atoms with Gasteiger partial charge in [0.1, 0.15) is 12.3 Å². The van der Waals surface area contributed by atoms with Gasteiger partial charge >= 0.3 is 0 Å². The molecule has 1 N–H and O–H groups in total. The van der Waals surface area contributed by atoms with Crippen LogP contribution in [0.3, 0.4) is 0 Å². The average Bonchev–Trinajstić information content (AvgIpc) is 2.56. The van der Waals surface area contributed by atoms with Crippen LogP contribution in [0.15, 0.2) is 48.5 Å². The SMILES string of the molecule is COc1ccc(NC(=O)CN(Cc2ccc(C)cc2)C(C)=O)cc1. The molecule has 0 aromatic heterocycles. The van der Waals surface area contributed by atoms with Gasteiger partial charge in [-0.15, -0.1) is 0 Å². The van der Waals surface area contributed by atoms with Crippen LogP contribution in [0.4, 0.5) is 5.69 Å². The summed E-state index contributed by atoms with van der Waals surface area (Å²) in [7, 11) is 1.59. The van der Waals surface area contributed by atoms with E-state index in [1.807, 2.05) is 31.2 Å². The quantitative estimate of drug-likeness (QED) is 0.888. The molecule has 0 saturated heterocycles. The van der Waals surface area contributed by atoms with Crippen molar-refractivity contribution < 1.29 is 14.3 Å². The highest BCUT2D eigenvalue weighted by molar-refractivity contribution is 5.94. The molecule has 0 heterocycles. The highest BCUT2D eigenvalue weighted by Crippen LogP contribution is 2.15. The van der Waals surface area contributed by atoms with Gasteiger partial charge in [-0.2, -0.15) is 0 Å². The van der Waals surface area contributed by atoms with Gasteiger partial charge in [-0.1, -0.05) is 29.8 Å². The van der Waals surface area contributed by atoms with Gasteiger partial charge in [0.05, 0.1) is 7.11 Å². The molecule has 0 aliphatic rings. The fourth-order valence-corrected chi connectivity index (χ4v) is 2.24. The van der Waals surface area contributed by atoms with E-state index in [4.69, 9.17) is 4.74 Å². The van der Waals surface area contributed by atoms with Gasteiger partial charge in [0.25, 0.3) is 0 Å². The molecular weight excluding hydrogens is 304 g/mol. The summed E-state index contributed by atoms with van der Waals surface area (Å²) in [6.07, 6.45) is 0. The Bertz CT molecular complexity index is 694. The number of carbonyl (C=O) groups excluding carboxylic acids is 2. The highest BCUT2D eigenvalue weighted by atomic mass is 16.5. The van der Waals surface area contributed by atoms with Gasteiger partial charge in [-0.25, -0.2) is 0 Å². The lowest BCUT2D eigenvalue weighted by Gasteiger charge is -2.20. The lowest BCUT2D eigenvalue weighted by Crippen LogP contribution is -2.36. The van der Waals surface area contributed by atoms with E-state index < -0.39 is 0 Å². The predicted octanol–water partition coefficient (Wildman–Crippen LogP) is 2.99. The Kier molecular flexibility index (Phi) is 5.95. The molecule has 0 bridgehead atoms. The summed E-state index contributed by atoms with van der Waals surface area (Å²) in [5.74, 6) is 0.348. The Morgan fingerprint density at radius 1 is 1.04 bits per heavy atom. The molecule has 24 heavy (non-hydrogen) atoms. The lowest BCUT2D eigenvalue weighted by molar-refractivity contribution is -0.133. The van der Waals surface area contributed by atoms with Crippen LogP contribution < -0.4 is 10.1 Å². The molecule has 126 valence electrons. The third kappa shape index (κ3) is 5.12. The summed E-state index contributed by atoms with van der Waals surface area (Å²) in [4.78, 5) is 25.5. The smallest absolute Gasteiger partial charge is 0.244 e. The Morgan fingerprint density at radius 2 is 1.67 bits per heavy atom. The average molecular weight is 326 g/mol. The highest BCUT2D eigenvalue weighted by Gasteiger charge is 2.14. The first-order valence-corrected chi connectivity index (χ1v) is 7.73. The van der Waals surface area contributed by atoms with E-state index in [2.05, 4.69) is 5.32 Å². The number of ether oxygens (including phenoxy) is 1. The number of carbonyl (C=O) groups is 2. The van der Waals surface area contributed by atoms with Crippen molar-refractivity contribution in [3.05, 3.63) is 59.7 Å². The number of aryl methyl sites for hydroxylation is 1. The Balaban J connectivity index is 1.97. The molecule has 5 heteroatoms. The molecule has 5 nitrogen and oxygen atoms in total. The van der Waals surface area contributed by atoms with Crippen LogP contribution in [0.25, 0.3) is 0 Å². The largest absolute Gasteiger partial charge is 0.497 e. The Morgan fingerprint density at radius 3 is 2.21 bits per heavy atom. The van der Waals surface area contributed by atoms with Crippen molar-refractivity contribution in [1.29, 1.82) is 0 Å². The molecule has 0 aliphatic carbocycles. The number of amides is 2. The monoisotopic (exact) mass is 326 g/mol. The number of methoxy groups -OCH3 is 1. The maximum Gasteiger partial charge on any atom is 0.244 e. The molecule has 0 aliphatic heterocycles. The minimum absolute atomic E-state index is 0.00917. The van der Waals surface area contributed by atoms with Gasteiger partial charge < -0.3 is 15.0 Å². The van der Waals surface area contributed by atoms with Gasteiger partial charge in [0.2, 0.25) is 11.8 Å². The maximum atomic E-state index is 12.2. The van der Waals surface area contributed by atoms with Crippen molar-refractivity contribution in [2.75, 3.05) is 19.0 Å². The number of benzene rings is 2. The Hall–Kier alpha value is -2.82. The second-order valence-electron chi connectivity index (χ2n) is 5.64. The standard InChI is InChI=1S/C19H22N2O3/c1-14-4-6-16(7-5-14)12-21(15(2)22)13-19(23)20-17-8-10-18(24-3)11-9-17/h4-11H,12-13H2,1-3H3,(H,20,23). The predicted molar refractivity (Wildman–Crippen MR) is 93.9 cm³/mol. The van der Waals surface area contributed by atoms with Gasteiger partial charge in [0.15, 0.2) is 0 Å². The Labute approximate surface area is 142 Å². The summed E-state index contributed by atoms with van der Waals surface area (Å²) < 4.78 is 5.08. The van der Waals surface area contributed by atoms with Crippen molar-refractivity contribution in [1.82, 2.24) is 4.90 Å². The van der Waals surface area contributed by atoms with E-state index >= 15 is 0 Å². The van der Waals surface area contributed by atoms with E-state index in [9.17, 15) is 9.59 Å². The van der Waals surface area contributed by atoms with Crippen molar-refractivity contribution in [3.63, 3.8) is 0 Å². The molecule has 2 aromatic rings. The van der Waals surface area contributed by atoms with Gasteiger partial charge in [-0.05, 0) is 36.8 Å². The minimum Gasteiger partial charge on any atom is -0.497 e. The van der Waals surface area contributed by atoms with Crippen LogP contribution in [0.1, 0.15) is 18.1 Å². The van der Waals surface area contributed by atoms with E-state index in [0.717, 1.165) is 16.9 Å².